The first kappa shape index (κ1) is 23.3. The summed E-state index contributed by atoms with van der Waals surface area (Å²) in [6.07, 6.45) is 6.11. The van der Waals surface area contributed by atoms with E-state index in [2.05, 4.69) is 0 Å². The monoisotopic (exact) mass is 430 g/mol. The predicted molar refractivity (Wildman–Crippen MR) is 118 cm³/mol. The highest BCUT2D eigenvalue weighted by molar-refractivity contribution is 6.23. The molecule has 1 aromatic rings. The summed E-state index contributed by atoms with van der Waals surface area (Å²) in [7, 11) is 1.29. The Bertz CT molecular complexity index is 810. The molecular formula is C24H34N2O5. The van der Waals surface area contributed by atoms with Crippen molar-refractivity contribution in [1.29, 1.82) is 0 Å². The Kier molecular flexibility index (Phi) is 7.36. The number of carbonyl (C=O) groups excluding carboxylic acids is 3. The molecule has 1 aliphatic heterocycles. The quantitative estimate of drug-likeness (QED) is 0.473. The number of amides is 3. The summed E-state index contributed by atoms with van der Waals surface area (Å²) in [4.78, 5) is 42.0. The molecule has 3 amide bonds. The summed E-state index contributed by atoms with van der Waals surface area (Å²) in [5.41, 5.74) is 0.157. The van der Waals surface area contributed by atoms with Gasteiger partial charge < -0.3 is 14.4 Å². The van der Waals surface area contributed by atoms with Crippen molar-refractivity contribution in [3.8, 4) is 0 Å². The zero-order valence-electron chi connectivity index (χ0n) is 19.1. The van der Waals surface area contributed by atoms with Gasteiger partial charge in [0.2, 0.25) is 0 Å². The van der Waals surface area contributed by atoms with Crippen molar-refractivity contribution in [1.82, 2.24) is 4.90 Å². The molecule has 0 N–H and O–H groups in total. The topological polar surface area (TPSA) is 76.2 Å². The minimum Gasteiger partial charge on any atom is -0.465 e. The Morgan fingerprint density at radius 1 is 1.10 bits per heavy atom. The number of hydrogen-bond acceptors (Lipinski definition) is 5. The van der Waals surface area contributed by atoms with Gasteiger partial charge in [-0.05, 0) is 51.7 Å². The van der Waals surface area contributed by atoms with Crippen LogP contribution in [-0.2, 0) is 14.3 Å². The number of esters is 1. The van der Waals surface area contributed by atoms with E-state index in [4.69, 9.17) is 9.47 Å². The first-order chi connectivity index (χ1) is 14.7. The van der Waals surface area contributed by atoms with E-state index in [1.807, 2.05) is 20.8 Å². The largest absolute Gasteiger partial charge is 0.465 e. The summed E-state index contributed by atoms with van der Waals surface area (Å²) in [6, 6.07) is 5.63. The van der Waals surface area contributed by atoms with Gasteiger partial charge in [-0.1, -0.05) is 31.4 Å². The third-order valence-electron chi connectivity index (χ3n) is 5.97. The lowest BCUT2D eigenvalue weighted by Gasteiger charge is -2.30. The van der Waals surface area contributed by atoms with Gasteiger partial charge in [-0.15, -0.1) is 0 Å². The lowest BCUT2D eigenvalue weighted by Crippen LogP contribution is -2.40. The van der Waals surface area contributed by atoms with Crippen LogP contribution in [0.3, 0.4) is 0 Å². The molecule has 7 heteroatoms. The molecule has 1 saturated carbocycles. The lowest BCUT2D eigenvalue weighted by atomic mass is 9.88. The van der Waals surface area contributed by atoms with Crippen LogP contribution in [0, 0.1) is 5.92 Å². The first-order valence-corrected chi connectivity index (χ1v) is 11.2. The molecule has 1 aromatic carbocycles. The third kappa shape index (κ3) is 5.45. The Hall–Kier alpha value is -2.41. The Morgan fingerprint density at radius 2 is 1.77 bits per heavy atom. The number of ether oxygens (including phenoxy) is 2. The van der Waals surface area contributed by atoms with Gasteiger partial charge in [0.25, 0.3) is 5.91 Å². The Balaban J connectivity index is 1.88. The molecule has 1 atom stereocenters. The fraction of sp³-hybridized carbons (Fsp3) is 0.625. The van der Waals surface area contributed by atoms with Gasteiger partial charge in [0.1, 0.15) is 6.04 Å². The van der Waals surface area contributed by atoms with Gasteiger partial charge >= 0.3 is 12.0 Å². The van der Waals surface area contributed by atoms with Crippen molar-refractivity contribution < 1.29 is 23.9 Å². The highest BCUT2D eigenvalue weighted by Crippen LogP contribution is 2.33. The second-order valence-electron chi connectivity index (χ2n) is 9.39. The van der Waals surface area contributed by atoms with Gasteiger partial charge in [0.15, 0.2) is 0 Å². The average molecular weight is 431 g/mol. The Labute approximate surface area is 184 Å². The number of rotatable bonds is 7. The van der Waals surface area contributed by atoms with Gasteiger partial charge in [0.05, 0.1) is 24.0 Å². The van der Waals surface area contributed by atoms with Crippen LogP contribution in [0.15, 0.2) is 24.3 Å². The molecule has 3 rings (SSSR count). The van der Waals surface area contributed by atoms with Crippen LogP contribution in [0.5, 0.6) is 0 Å². The van der Waals surface area contributed by atoms with Crippen molar-refractivity contribution >= 4 is 23.6 Å². The molecule has 0 bridgehead atoms. The molecule has 1 saturated heterocycles. The maximum absolute atomic E-state index is 13.5. The number of hydrogen-bond donors (Lipinski definition) is 0. The third-order valence-corrected chi connectivity index (χ3v) is 5.97. The van der Waals surface area contributed by atoms with Crippen molar-refractivity contribution in [3.63, 3.8) is 0 Å². The minimum atomic E-state index is -0.595. The lowest BCUT2D eigenvalue weighted by molar-refractivity contribution is -0.121. The van der Waals surface area contributed by atoms with Crippen LogP contribution in [0.4, 0.5) is 10.5 Å². The SMILES string of the molecule is COC(=O)c1ccccc1N1C(=O)[C@H](CCOC(C)(C)C)N(CC2CCCCC2)C1=O. The number of benzene rings is 1. The van der Waals surface area contributed by atoms with E-state index in [0.717, 1.165) is 30.6 Å². The predicted octanol–water partition coefficient (Wildman–Crippen LogP) is 4.40. The molecular weight excluding hydrogens is 396 g/mol. The smallest absolute Gasteiger partial charge is 0.339 e. The molecule has 0 radical (unpaired) electrons. The second-order valence-corrected chi connectivity index (χ2v) is 9.39. The maximum atomic E-state index is 13.5. The number of para-hydroxylation sites is 1. The molecule has 0 spiro atoms. The molecule has 31 heavy (non-hydrogen) atoms. The van der Waals surface area contributed by atoms with Gasteiger partial charge in [0, 0.05) is 19.6 Å². The van der Waals surface area contributed by atoms with Crippen molar-refractivity contribution in [2.24, 2.45) is 5.92 Å². The van der Waals surface area contributed by atoms with Crippen LogP contribution in [0.2, 0.25) is 0 Å². The summed E-state index contributed by atoms with van der Waals surface area (Å²) in [6.45, 7) is 6.83. The number of imide groups is 1. The molecule has 2 aliphatic rings. The summed E-state index contributed by atoms with van der Waals surface area (Å²) in [5, 5.41) is 0. The maximum Gasteiger partial charge on any atom is 0.339 e. The van der Waals surface area contributed by atoms with Gasteiger partial charge in [-0.25, -0.2) is 14.5 Å². The van der Waals surface area contributed by atoms with E-state index in [1.165, 1.54) is 13.5 Å². The Morgan fingerprint density at radius 3 is 2.42 bits per heavy atom. The summed E-state index contributed by atoms with van der Waals surface area (Å²) in [5.74, 6) is -0.489. The van der Waals surface area contributed by atoms with Crippen molar-refractivity contribution in [2.45, 2.75) is 70.9 Å². The van der Waals surface area contributed by atoms with Crippen LogP contribution in [0.25, 0.3) is 0 Å². The molecule has 1 heterocycles. The number of carbonyl (C=O) groups is 3. The van der Waals surface area contributed by atoms with Crippen LogP contribution in [0.1, 0.15) is 69.7 Å². The standard InChI is InChI=1S/C24H34N2O5/c1-24(2,3)31-15-14-20-21(27)26(19-13-9-8-12-18(19)22(28)30-4)23(29)25(20)16-17-10-6-5-7-11-17/h8-9,12-13,17,20H,5-7,10-11,14-16H2,1-4H3/t20-/m0/s1. The first-order valence-electron chi connectivity index (χ1n) is 11.2. The van der Waals surface area contributed by atoms with Gasteiger partial charge in [-0.2, -0.15) is 0 Å². The molecule has 1 aliphatic carbocycles. The number of anilines is 1. The number of nitrogens with zero attached hydrogens (tertiary/aromatic N) is 2. The fourth-order valence-electron chi connectivity index (χ4n) is 4.42. The van der Waals surface area contributed by atoms with Crippen LogP contribution >= 0.6 is 0 Å². The van der Waals surface area contributed by atoms with E-state index >= 15 is 0 Å². The van der Waals surface area contributed by atoms with Crippen molar-refractivity contribution in [3.05, 3.63) is 29.8 Å². The van der Waals surface area contributed by atoms with E-state index in [0.29, 0.717) is 25.5 Å². The zero-order chi connectivity index (χ0) is 22.6. The zero-order valence-corrected chi connectivity index (χ0v) is 19.1. The van der Waals surface area contributed by atoms with Crippen molar-refractivity contribution in [2.75, 3.05) is 25.2 Å². The highest BCUT2D eigenvalue weighted by Gasteiger charge is 2.47. The molecule has 7 nitrogen and oxygen atoms in total. The van der Waals surface area contributed by atoms with Crippen LogP contribution in [-0.4, -0.2) is 54.7 Å². The summed E-state index contributed by atoms with van der Waals surface area (Å²) >= 11 is 0. The normalized spacial score (nSPS) is 20.5. The van der Waals surface area contributed by atoms with E-state index in [1.54, 1.807) is 29.2 Å². The average Bonchev–Trinajstić information content (AvgIpc) is 2.97. The van der Waals surface area contributed by atoms with E-state index in [9.17, 15) is 14.4 Å². The van der Waals surface area contributed by atoms with Gasteiger partial charge in [-0.3, -0.25) is 4.79 Å². The molecule has 0 aromatic heterocycles. The second kappa shape index (κ2) is 9.81. The molecule has 0 unspecified atom stereocenters. The van der Waals surface area contributed by atoms with E-state index < -0.39 is 12.0 Å². The molecule has 170 valence electrons. The van der Waals surface area contributed by atoms with E-state index in [-0.39, 0.29) is 28.8 Å². The highest BCUT2D eigenvalue weighted by atomic mass is 16.5. The number of methoxy groups -OCH3 is 1. The van der Waals surface area contributed by atoms with Crippen LogP contribution < -0.4 is 4.90 Å². The minimum absolute atomic E-state index is 0.205. The fourth-order valence-corrected chi connectivity index (χ4v) is 4.42. The summed E-state index contributed by atoms with van der Waals surface area (Å²) < 4.78 is 10.7. The molecule has 2 fully saturated rings. The number of urea groups is 1.